The molecule has 0 saturated heterocycles. The van der Waals surface area contributed by atoms with E-state index in [1.54, 1.807) is 6.08 Å². The predicted octanol–water partition coefficient (Wildman–Crippen LogP) is 0.323. The van der Waals surface area contributed by atoms with Crippen LogP contribution in [0.1, 0.15) is 0 Å². The highest BCUT2D eigenvalue weighted by atomic mass is 16.6. The summed E-state index contributed by atoms with van der Waals surface area (Å²) in [6.07, 6.45) is 1.68. The third kappa shape index (κ3) is 15.1. The van der Waals surface area contributed by atoms with Crippen molar-refractivity contribution in [1.29, 1.82) is 0 Å². The summed E-state index contributed by atoms with van der Waals surface area (Å²) in [6, 6.07) is 0. The first kappa shape index (κ1) is 16.1. The number of aliphatic carboxylic acids is 1. The molecule has 6 nitrogen and oxygen atoms in total. The van der Waals surface area contributed by atoms with Gasteiger partial charge in [-0.2, -0.15) is 0 Å². The van der Waals surface area contributed by atoms with Crippen molar-refractivity contribution < 1.29 is 28.8 Å². The van der Waals surface area contributed by atoms with E-state index < -0.39 is 5.97 Å². The van der Waals surface area contributed by atoms with E-state index in [0.29, 0.717) is 39.6 Å². The second kappa shape index (κ2) is 13.1. The van der Waals surface area contributed by atoms with E-state index in [4.69, 9.17) is 24.1 Å². The average molecular weight is 248 g/mol. The Kier molecular flexibility index (Phi) is 12.4. The van der Waals surface area contributed by atoms with Gasteiger partial charge in [0, 0.05) is 0 Å². The van der Waals surface area contributed by atoms with Gasteiger partial charge in [0.25, 0.3) is 0 Å². The molecule has 0 saturated carbocycles. The molecule has 0 aromatic heterocycles. The van der Waals surface area contributed by atoms with Gasteiger partial charge in [0.05, 0.1) is 46.2 Å². The molecule has 0 unspecified atom stereocenters. The molecular weight excluding hydrogens is 228 g/mol. The SMILES string of the molecule is C=CCOCCOCCOCCOCC(=O)O. The minimum atomic E-state index is -0.979. The zero-order valence-corrected chi connectivity index (χ0v) is 9.93. The topological polar surface area (TPSA) is 74.2 Å². The quantitative estimate of drug-likeness (QED) is 0.374. The molecule has 0 aliphatic heterocycles. The van der Waals surface area contributed by atoms with Crippen LogP contribution in [0.15, 0.2) is 12.7 Å². The molecule has 6 heteroatoms. The highest BCUT2D eigenvalue weighted by Crippen LogP contribution is 1.82. The van der Waals surface area contributed by atoms with Crippen LogP contribution in [0.5, 0.6) is 0 Å². The largest absolute Gasteiger partial charge is 0.480 e. The molecule has 0 aromatic carbocycles. The van der Waals surface area contributed by atoms with Crippen LogP contribution in [0.2, 0.25) is 0 Å². The molecular formula is C11H20O6. The average Bonchev–Trinajstić information content (AvgIpc) is 2.30. The molecule has 0 radical (unpaired) electrons. The summed E-state index contributed by atoms with van der Waals surface area (Å²) in [6.45, 7) is 6.39. The van der Waals surface area contributed by atoms with E-state index in [0.717, 1.165) is 0 Å². The van der Waals surface area contributed by atoms with E-state index in [1.807, 2.05) is 0 Å². The van der Waals surface area contributed by atoms with Crippen molar-refractivity contribution in [2.24, 2.45) is 0 Å². The van der Waals surface area contributed by atoms with Crippen molar-refractivity contribution in [3.8, 4) is 0 Å². The maximum absolute atomic E-state index is 10.1. The van der Waals surface area contributed by atoms with Crippen LogP contribution >= 0.6 is 0 Å². The van der Waals surface area contributed by atoms with Crippen molar-refractivity contribution in [3.05, 3.63) is 12.7 Å². The maximum atomic E-state index is 10.1. The van der Waals surface area contributed by atoms with Gasteiger partial charge < -0.3 is 24.1 Å². The van der Waals surface area contributed by atoms with E-state index in [-0.39, 0.29) is 13.2 Å². The van der Waals surface area contributed by atoms with Crippen molar-refractivity contribution >= 4 is 5.97 Å². The third-order valence-electron chi connectivity index (χ3n) is 1.58. The summed E-state index contributed by atoms with van der Waals surface area (Å²) in [4.78, 5) is 10.1. The minimum Gasteiger partial charge on any atom is -0.480 e. The van der Waals surface area contributed by atoms with Gasteiger partial charge in [0.15, 0.2) is 0 Å². The summed E-state index contributed by atoms with van der Waals surface area (Å²) in [5.41, 5.74) is 0. The summed E-state index contributed by atoms with van der Waals surface area (Å²) in [7, 11) is 0. The predicted molar refractivity (Wildman–Crippen MR) is 61.1 cm³/mol. The fraction of sp³-hybridized carbons (Fsp3) is 0.727. The highest BCUT2D eigenvalue weighted by molar-refractivity contribution is 5.67. The number of ether oxygens (including phenoxy) is 4. The second-order valence-corrected chi connectivity index (χ2v) is 3.03. The van der Waals surface area contributed by atoms with E-state index in [9.17, 15) is 4.79 Å². The molecule has 0 heterocycles. The Hall–Kier alpha value is -0.950. The van der Waals surface area contributed by atoms with Crippen LogP contribution in [-0.2, 0) is 23.7 Å². The summed E-state index contributed by atoms with van der Waals surface area (Å²) in [5, 5.41) is 8.27. The van der Waals surface area contributed by atoms with Crippen molar-refractivity contribution in [3.63, 3.8) is 0 Å². The van der Waals surface area contributed by atoms with Gasteiger partial charge in [-0.3, -0.25) is 0 Å². The zero-order chi connectivity index (χ0) is 12.8. The molecule has 17 heavy (non-hydrogen) atoms. The fourth-order valence-corrected chi connectivity index (χ4v) is 0.884. The van der Waals surface area contributed by atoms with Crippen LogP contribution < -0.4 is 0 Å². The molecule has 0 aliphatic carbocycles. The highest BCUT2D eigenvalue weighted by Gasteiger charge is 1.95. The second-order valence-electron chi connectivity index (χ2n) is 3.03. The summed E-state index contributed by atoms with van der Waals surface area (Å²) >= 11 is 0. The first-order valence-corrected chi connectivity index (χ1v) is 5.41. The standard InChI is InChI=1S/C11H20O6/c1-2-3-14-4-5-15-6-7-16-8-9-17-10-11(12)13/h2H,1,3-10H2,(H,12,13). The molecule has 0 amide bonds. The first-order chi connectivity index (χ1) is 8.27. The van der Waals surface area contributed by atoms with Crippen LogP contribution in [0.3, 0.4) is 0 Å². The Balaban J connectivity index is 2.94. The van der Waals surface area contributed by atoms with Crippen molar-refractivity contribution in [2.45, 2.75) is 0 Å². The zero-order valence-electron chi connectivity index (χ0n) is 9.93. The smallest absolute Gasteiger partial charge is 0.329 e. The van der Waals surface area contributed by atoms with Gasteiger partial charge in [-0.15, -0.1) is 6.58 Å². The molecule has 0 atom stereocenters. The lowest BCUT2D eigenvalue weighted by atomic mass is 10.6. The molecule has 0 spiro atoms. The van der Waals surface area contributed by atoms with Gasteiger partial charge in [0.1, 0.15) is 6.61 Å². The van der Waals surface area contributed by atoms with Crippen molar-refractivity contribution in [1.82, 2.24) is 0 Å². The molecule has 0 fully saturated rings. The Morgan fingerprint density at radius 2 is 1.41 bits per heavy atom. The van der Waals surface area contributed by atoms with E-state index in [2.05, 4.69) is 6.58 Å². The number of carbonyl (C=O) groups is 1. The first-order valence-electron chi connectivity index (χ1n) is 5.41. The monoisotopic (exact) mass is 248 g/mol. The lowest BCUT2D eigenvalue weighted by molar-refractivity contribution is -0.142. The molecule has 1 N–H and O–H groups in total. The lowest BCUT2D eigenvalue weighted by Crippen LogP contribution is -2.14. The Bertz CT molecular complexity index is 194. The van der Waals surface area contributed by atoms with Crippen LogP contribution in [0.4, 0.5) is 0 Å². The summed E-state index contributed by atoms with van der Waals surface area (Å²) < 4.78 is 20.2. The molecule has 0 aromatic rings. The molecule has 0 bridgehead atoms. The van der Waals surface area contributed by atoms with Crippen molar-refractivity contribution in [2.75, 3.05) is 52.9 Å². The van der Waals surface area contributed by atoms with Crippen LogP contribution in [0, 0.1) is 0 Å². The number of rotatable bonds is 13. The van der Waals surface area contributed by atoms with Crippen LogP contribution in [-0.4, -0.2) is 63.9 Å². The maximum Gasteiger partial charge on any atom is 0.329 e. The fourth-order valence-electron chi connectivity index (χ4n) is 0.884. The van der Waals surface area contributed by atoms with Gasteiger partial charge in [-0.1, -0.05) is 6.08 Å². The Labute approximate surface area is 101 Å². The number of carboxylic acids is 1. The van der Waals surface area contributed by atoms with Crippen LogP contribution in [0.25, 0.3) is 0 Å². The van der Waals surface area contributed by atoms with Gasteiger partial charge in [-0.05, 0) is 0 Å². The number of hydrogen-bond donors (Lipinski definition) is 1. The van der Waals surface area contributed by atoms with Gasteiger partial charge in [0.2, 0.25) is 0 Å². The number of carboxylic acid groups (broad SMARTS) is 1. The number of hydrogen-bond acceptors (Lipinski definition) is 5. The summed E-state index contributed by atoms with van der Waals surface area (Å²) in [5.74, 6) is -0.979. The lowest BCUT2D eigenvalue weighted by Gasteiger charge is -2.06. The molecule has 100 valence electrons. The van der Waals surface area contributed by atoms with E-state index in [1.165, 1.54) is 0 Å². The van der Waals surface area contributed by atoms with E-state index >= 15 is 0 Å². The minimum absolute atomic E-state index is 0.273. The normalized spacial score (nSPS) is 10.4. The third-order valence-corrected chi connectivity index (χ3v) is 1.58. The molecule has 0 rings (SSSR count). The Morgan fingerprint density at radius 1 is 0.941 bits per heavy atom. The Morgan fingerprint density at radius 3 is 1.88 bits per heavy atom. The molecule has 0 aliphatic rings. The van der Waals surface area contributed by atoms with Gasteiger partial charge in [-0.25, -0.2) is 4.79 Å². The van der Waals surface area contributed by atoms with Gasteiger partial charge >= 0.3 is 5.97 Å².